The predicted molar refractivity (Wildman–Crippen MR) is 99.4 cm³/mol. The highest BCUT2D eigenvalue weighted by Crippen LogP contribution is 2.42. The summed E-state index contributed by atoms with van der Waals surface area (Å²) >= 11 is 0. The third-order valence-electron chi connectivity index (χ3n) is 5.49. The van der Waals surface area contributed by atoms with Gasteiger partial charge in [0.25, 0.3) is 0 Å². The summed E-state index contributed by atoms with van der Waals surface area (Å²) in [5, 5.41) is 2.90. The molecule has 2 aliphatic rings. The summed E-state index contributed by atoms with van der Waals surface area (Å²) in [6, 6.07) is 5.59. The summed E-state index contributed by atoms with van der Waals surface area (Å²) in [5.74, 6) is 0.828. The number of carbonyl (C=O) groups excluding carboxylic acids is 2. The number of methoxy groups -OCH3 is 2. The van der Waals surface area contributed by atoms with Gasteiger partial charge in [0, 0.05) is 18.7 Å². The van der Waals surface area contributed by atoms with Crippen LogP contribution in [-0.2, 0) is 9.59 Å². The molecule has 1 heterocycles. The number of amides is 2. The van der Waals surface area contributed by atoms with Gasteiger partial charge in [-0.3, -0.25) is 9.59 Å². The number of hydrogen-bond acceptors (Lipinski definition) is 4. The van der Waals surface area contributed by atoms with Gasteiger partial charge >= 0.3 is 0 Å². The third-order valence-corrected chi connectivity index (χ3v) is 5.49. The average molecular weight is 360 g/mol. The molecule has 1 N–H and O–H groups in total. The molecule has 26 heavy (non-hydrogen) atoms. The van der Waals surface area contributed by atoms with Gasteiger partial charge in [0.15, 0.2) is 0 Å². The van der Waals surface area contributed by atoms with Crippen LogP contribution in [0.2, 0.25) is 0 Å². The summed E-state index contributed by atoms with van der Waals surface area (Å²) in [7, 11) is 3.13. The molecule has 142 valence electrons. The van der Waals surface area contributed by atoms with Crippen molar-refractivity contribution in [1.82, 2.24) is 4.90 Å². The van der Waals surface area contributed by atoms with Crippen molar-refractivity contribution >= 4 is 17.5 Å². The van der Waals surface area contributed by atoms with Gasteiger partial charge in [-0.05, 0) is 44.2 Å². The summed E-state index contributed by atoms with van der Waals surface area (Å²) in [6.07, 6.45) is 4.95. The lowest BCUT2D eigenvalue weighted by atomic mass is 9.99. The van der Waals surface area contributed by atoms with Crippen LogP contribution in [-0.4, -0.2) is 43.5 Å². The van der Waals surface area contributed by atoms with Gasteiger partial charge in [-0.1, -0.05) is 6.92 Å². The molecule has 3 unspecified atom stereocenters. The van der Waals surface area contributed by atoms with Gasteiger partial charge in [-0.2, -0.15) is 0 Å². The minimum atomic E-state index is -0.242. The molecule has 3 rings (SSSR count). The molecule has 3 atom stereocenters. The van der Waals surface area contributed by atoms with E-state index in [4.69, 9.17) is 9.47 Å². The summed E-state index contributed by atoms with van der Waals surface area (Å²) in [6.45, 7) is 2.96. The largest absolute Gasteiger partial charge is 0.497 e. The van der Waals surface area contributed by atoms with Crippen LogP contribution >= 0.6 is 0 Å². The fourth-order valence-corrected chi connectivity index (χ4v) is 3.81. The standard InChI is InChI=1S/C20H28N2O4/c1-4-13-7-5-6-10-22(13)20(24)16-12-15(16)19(23)21-17-9-8-14(25-2)11-18(17)26-3/h8-9,11,13,15-16H,4-7,10,12H2,1-3H3,(H,21,23). The van der Waals surface area contributed by atoms with Gasteiger partial charge in [-0.15, -0.1) is 0 Å². The van der Waals surface area contributed by atoms with E-state index in [1.807, 2.05) is 4.90 Å². The Hall–Kier alpha value is -2.24. The van der Waals surface area contributed by atoms with E-state index in [2.05, 4.69) is 12.2 Å². The molecule has 0 aromatic heterocycles. The second-order valence-corrected chi connectivity index (χ2v) is 7.09. The SMILES string of the molecule is CCC1CCCCN1C(=O)C1CC1C(=O)Nc1ccc(OC)cc1OC. The predicted octanol–water partition coefficient (Wildman–Crippen LogP) is 3.07. The van der Waals surface area contributed by atoms with Crippen molar-refractivity contribution in [2.24, 2.45) is 11.8 Å². The van der Waals surface area contributed by atoms with Crippen molar-refractivity contribution in [3.05, 3.63) is 18.2 Å². The Bertz CT molecular complexity index is 676. The first kappa shape index (κ1) is 18.5. The van der Waals surface area contributed by atoms with Crippen LogP contribution in [0, 0.1) is 11.8 Å². The fourth-order valence-electron chi connectivity index (χ4n) is 3.81. The molecule has 1 aliphatic heterocycles. The molecule has 1 aromatic carbocycles. The molecule has 1 saturated carbocycles. The maximum Gasteiger partial charge on any atom is 0.228 e. The molecule has 0 spiro atoms. The zero-order valence-corrected chi connectivity index (χ0v) is 15.8. The third kappa shape index (κ3) is 3.79. The van der Waals surface area contributed by atoms with Crippen molar-refractivity contribution in [3.8, 4) is 11.5 Å². The Labute approximate surface area is 154 Å². The number of nitrogens with one attached hydrogen (secondary N) is 1. The molecule has 1 aromatic rings. The van der Waals surface area contributed by atoms with Crippen molar-refractivity contribution < 1.29 is 19.1 Å². The number of nitrogens with zero attached hydrogens (tertiary/aromatic N) is 1. The van der Waals surface area contributed by atoms with Gasteiger partial charge in [0.05, 0.1) is 31.7 Å². The van der Waals surface area contributed by atoms with Crippen LogP contribution in [0.4, 0.5) is 5.69 Å². The number of anilines is 1. The molecule has 6 nitrogen and oxygen atoms in total. The molecular weight excluding hydrogens is 332 g/mol. The average Bonchev–Trinajstić information content (AvgIpc) is 3.48. The minimum absolute atomic E-state index is 0.114. The summed E-state index contributed by atoms with van der Waals surface area (Å²) in [5.41, 5.74) is 0.598. The lowest BCUT2D eigenvalue weighted by Crippen LogP contribution is -2.44. The number of likely N-dealkylation sites (tertiary alicyclic amines) is 1. The fraction of sp³-hybridized carbons (Fsp3) is 0.600. The lowest BCUT2D eigenvalue weighted by Gasteiger charge is -2.35. The van der Waals surface area contributed by atoms with Crippen LogP contribution in [0.5, 0.6) is 11.5 Å². The van der Waals surface area contributed by atoms with Crippen LogP contribution in [0.15, 0.2) is 18.2 Å². The van der Waals surface area contributed by atoms with Crippen LogP contribution in [0.3, 0.4) is 0 Å². The van der Waals surface area contributed by atoms with E-state index in [0.717, 1.165) is 25.8 Å². The van der Waals surface area contributed by atoms with E-state index in [0.29, 0.717) is 29.6 Å². The Balaban J connectivity index is 1.61. The number of carbonyl (C=O) groups is 2. The zero-order valence-electron chi connectivity index (χ0n) is 15.8. The van der Waals surface area contributed by atoms with Crippen LogP contribution in [0.25, 0.3) is 0 Å². The molecule has 0 radical (unpaired) electrons. The van der Waals surface area contributed by atoms with E-state index < -0.39 is 0 Å². The Morgan fingerprint density at radius 1 is 1.19 bits per heavy atom. The second-order valence-electron chi connectivity index (χ2n) is 7.09. The molecule has 1 saturated heterocycles. The number of rotatable bonds is 6. The van der Waals surface area contributed by atoms with E-state index in [9.17, 15) is 9.59 Å². The Kier molecular flexibility index (Phi) is 5.69. The summed E-state index contributed by atoms with van der Waals surface area (Å²) < 4.78 is 10.5. The molecular formula is C20H28N2O4. The first-order chi connectivity index (χ1) is 12.6. The van der Waals surface area contributed by atoms with Crippen molar-refractivity contribution in [2.75, 3.05) is 26.1 Å². The van der Waals surface area contributed by atoms with E-state index in [-0.39, 0.29) is 23.7 Å². The maximum absolute atomic E-state index is 12.8. The van der Waals surface area contributed by atoms with Crippen molar-refractivity contribution in [2.45, 2.75) is 45.1 Å². The number of piperidine rings is 1. The van der Waals surface area contributed by atoms with Crippen LogP contribution in [0.1, 0.15) is 39.0 Å². The smallest absolute Gasteiger partial charge is 0.228 e. The number of hydrogen-bond donors (Lipinski definition) is 1. The first-order valence-corrected chi connectivity index (χ1v) is 9.42. The highest BCUT2D eigenvalue weighted by Gasteiger charge is 2.50. The second kappa shape index (κ2) is 7.98. The summed E-state index contributed by atoms with van der Waals surface area (Å²) in [4.78, 5) is 27.4. The Morgan fingerprint density at radius 2 is 2.00 bits per heavy atom. The number of ether oxygens (including phenoxy) is 2. The van der Waals surface area contributed by atoms with E-state index in [1.54, 1.807) is 32.4 Å². The monoisotopic (exact) mass is 360 g/mol. The molecule has 1 aliphatic carbocycles. The van der Waals surface area contributed by atoms with Gasteiger partial charge in [0.2, 0.25) is 11.8 Å². The Morgan fingerprint density at radius 3 is 2.69 bits per heavy atom. The zero-order chi connectivity index (χ0) is 18.7. The van der Waals surface area contributed by atoms with Gasteiger partial charge in [-0.25, -0.2) is 0 Å². The highest BCUT2D eigenvalue weighted by atomic mass is 16.5. The topological polar surface area (TPSA) is 67.9 Å². The molecule has 2 fully saturated rings. The van der Waals surface area contributed by atoms with Gasteiger partial charge in [0.1, 0.15) is 11.5 Å². The lowest BCUT2D eigenvalue weighted by molar-refractivity contribution is -0.137. The highest BCUT2D eigenvalue weighted by molar-refractivity contribution is 6.00. The maximum atomic E-state index is 12.8. The van der Waals surface area contributed by atoms with Crippen molar-refractivity contribution in [1.29, 1.82) is 0 Å². The minimum Gasteiger partial charge on any atom is -0.497 e. The van der Waals surface area contributed by atoms with E-state index in [1.165, 1.54) is 6.42 Å². The first-order valence-electron chi connectivity index (χ1n) is 9.42. The molecule has 0 bridgehead atoms. The normalized spacial score (nSPS) is 24.7. The van der Waals surface area contributed by atoms with Gasteiger partial charge < -0.3 is 19.7 Å². The molecule has 2 amide bonds. The quantitative estimate of drug-likeness (QED) is 0.847. The van der Waals surface area contributed by atoms with Crippen LogP contribution < -0.4 is 14.8 Å². The number of benzene rings is 1. The molecule has 6 heteroatoms. The van der Waals surface area contributed by atoms with E-state index >= 15 is 0 Å². The van der Waals surface area contributed by atoms with Crippen molar-refractivity contribution in [3.63, 3.8) is 0 Å².